The highest BCUT2D eigenvalue weighted by Crippen LogP contribution is 2.44. The van der Waals surface area contributed by atoms with Crippen LogP contribution in [0.2, 0.25) is 0 Å². The molecule has 0 aromatic carbocycles. The molecule has 1 saturated carbocycles. The van der Waals surface area contributed by atoms with Crippen LogP contribution < -0.4 is 0 Å². The maximum atomic E-state index is 5.65. The van der Waals surface area contributed by atoms with Crippen molar-refractivity contribution in [3.63, 3.8) is 0 Å². The molecule has 0 N–H and O–H groups in total. The second kappa shape index (κ2) is 2.63. The van der Waals surface area contributed by atoms with Gasteiger partial charge in [0.25, 0.3) is 0 Å². The molecule has 0 radical (unpaired) electrons. The monoisotopic (exact) mass is 252 g/mol. The highest BCUT2D eigenvalue weighted by atomic mass is 127. The molecule has 2 heteroatoms. The van der Waals surface area contributed by atoms with Crippen LogP contribution in [0.15, 0.2) is 0 Å². The smallest absolute Gasteiger partial charge is 0.0721 e. The lowest BCUT2D eigenvalue weighted by atomic mass is 9.86. The number of hydrogen-bond donors (Lipinski definition) is 0. The third-order valence-corrected chi connectivity index (χ3v) is 4.50. The minimum atomic E-state index is 0.538. The van der Waals surface area contributed by atoms with Crippen LogP contribution in [0.25, 0.3) is 0 Å². The minimum Gasteiger partial charge on any atom is -0.377 e. The van der Waals surface area contributed by atoms with E-state index >= 15 is 0 Å². The molecule has 0 spiro atoms. The van der Waals surface area contributed by atoms with E-state index in [2.05, 4.69) is 22.6 Å². The fraction of sp³-hybridized carbons (Fsp3) is 1.00. The summed E-state index contributed by atoms with van der Waals surface area (Å²) in [5, 5.41) is 0. The maximum absolute atomic E-state index is 5.65. The van der Waals surface area contributed by atoms with E-state index in [0.717, 1.165) is 6.61 Å². The zero-order chi connectivity index (χ0) is 7.03. The molecule has 0 amide bonds. The summed E-state index contributed by atoms with van der Waals surface area (Å²) in [6, 6.07) is 0. The Labute approximate surface area is 75.7 Å². The van der Waals surface area contributed by atoms with Gasteiger partial charge in [-0.1, -0.05) is 35.4 Å². The van der Waals surface area contributed by atoms with Crippen LogP contribution in [0.5, 0.6) is 0 Å². The summed E-state index contributed by atoms with van der Waals surface area (Å²) < 4.78 is 6.19. The molecule has 10 heavy (non-hydrogen) atoms. The molecule has 2 fully saturated rings. The summed E-state index contributed by atoms with van der Waals surface area (Å²) >= 11 is 2.62. The molecule has 0 aromatic rings. The first-order valence-corrected chi connectivity index (χ1v) is 5.20. The van der Waals surface area contributed by atoms with Crippen molar-refractivity contribution in [1.29, 1.82) is 0 Å². The average molecular weight is 252 g/mol. The predicted octanol–water partition coefficient (Wildman–Crippen LogP) is 2.52. The lowest BCUT2D eigenvalue weighted by Gasteiger charge is -2.32. The summed E-state index contributed by atoms with van der Waals surface area (Å²) in [5.74, 6) is 0. The highest BCUT2D eigenvalue weighted by Gasteiger charge is 2.42. The van der Waals surface area contributed by atoms with Crippen LogP contribution in [0, 0.1) is 0 Å². The first-order chi connectivity index (χ1) is 4.81. The third-order valence-electron chi connectivity index (χ3n) is 2.72. The Hall–Kier alpha value is 0.690. The van der Waals surface area contributed by atoms with Crippen molar-refractivity contribution in [2.24, 2.45) is 0 Å². The summed E-state index contributed by atoms with van der Waals surface area (Å²) in [6.07, 6.45) is 7.39. The lowest BCUT2D eigenvalue weighted by Crippen LogP contribution is -2.34. The second-order valence-electron chi connectivity index (χ2n) is 3.39. The Balaban J connectivity index is 2.10. The van der Waals surface area contributed by atoms with Crippen molar-refractivity contribution >= 4 is 22.6 Å². The molecule has 0 bridgehead atoms. The predicted molar refractivity (Wildman–Crippen MR) is 49.6 cm³/mol. The van der Waals surface area contributed by atoms with Gasteiger partial charge >= 0.3 is 0 Å². The van der Waals surface area contributed by atoms with E-state index in [1.54, 1.807) is 0 Å². The van der Waals surface area contributed by atoms with Gasteiger partial charge in [0.2, 0.25) is 0 Å². The van der Waals surface area contributed by atoms with Gasteiger partial charge < -0.3 is 4.74 Å². The molecular weight excluding hydrogens is 239 g/mol. The van der Waals surface area contributed by atoms with Crippen molar-refractivity contribution in [3.8, 4) is 0 Å². The van der Waals surface area contributed by atoms with Crippen molar-refractivity contribution in [2.45, 2.75) is 41.6 Å². The van der Waals surface area contributed by atoms with Gasteiger partial charge in [0.05, 0.1) is 9.53 Å². The molecule has 1 nitrogen and oxygen atoms in total. The van der Waals surface area contributed by atoms with Crippen LogP contribution in [-0.4, -0.2) is 16.1 Å². The maximum Gasteiger partial charge on any atom is 0.0721 e. The lowest BCUT2D eigenvalue weighted by molar-refractivity contribution is 0.0794. The minimum absolute atomic E-state index is 0.538. The molecule has 58 valence electrons. The molecule has 1 aliphatic carbocycles. The molecular formula is C8H13IO. The zero-order valence-corrected chi connectivity index (χ0v) is 8.26. The van der Waals surface area contributed by atoms with Gasteiger partial charge in [0.15, 0.2) is 0 Å². The van der Waals surface area contributed by atoms with Gasteiger partial charge in [-0.15, -0.1) is 0 Å². The van der Waals surface area contributed by atoms with Gasteiger partial charge in [0.1, 0.15) is 0 Å². The van der Waals surface area contributed by atoms with E-state index in [0.29, 0.717) is 9.53 Å². The summed E-state index contributed by atoms with van der Waals surface area (Å²) in [6.45, 7) is 1.01. The first-order valence-electron chi connectivity index (χ1n) is 4.12. The van der Waals surface area contributed by atoms with Crippen LogP contribution in [0.3, 0.4) is 0 Å². The summed E-state index contributed by atoms with van der Waals surface area (Å²) in [4.78, 5) is 0. The van der Waals surface area contributed by atoms with Crippen LogP contribution in [-0.2, 0) is 4.74 Å². The normalized spacial score (nSPS) is 47.1. The quantitative estimate of drug-likeness (QED) is 0.475. The first kappa shape index (κ1) is 7.35. The van der Waals surface area contributed by atoms with E-state index in [-0.39, 0.29) is 0 Å². The van der Waals surface area contributed by atoms with Gasteiger partial charge in [-0.25, -0.2) is 0 Å². The second-order valence-corrected chi connectivity index (χ2v) is 5.54. The Morgan fingerprint density at radius 2 is 2.20 bits per heavy atom. The summed E-state index contributed by atoms with van der Waals surface area (Å²) in [7, 11) is 0. The van der Waals surface area contributed by atoms with Gasteiger partial charge in [-0.3, -0.25) is 0 Å². The van der Waals surface area contributed by atoms with Crippen LogP contribution >= 0.6 is 22.6 Å². The molecule has 1 saturated heterocycles. The molecule has 1 heterocycles. The summed E-state index contributed by atoms with van der Waals surface area (Å²) in [5.41, 5.74) is 0. The molecule has 0 aromatic heterocycles. The molecule has 2 rings (SSSR count). The van der Waals surface area contributed by atoms with Crippen molar-refractivity contribution in [2.75, 3.05) is 6.61 Å². The number of rotatable bonds is 0. The number of fused-ring (bicyclic) bond motifs is 1. The Morgan fingerprint density at radius 3 is 3.00 bits per heavy atom. The Bertz CT molecular complexity index is 137. The SMILES string of the molecule is I[C@@]12CCCC[C@H]1OCC2. The van der Waals surface area contributed by atoms with Gasteiger partial charge in [-0.05, 0) is 19.3 Å². The molecule has 1 aliphatic heterocycles. The average Bonchev–Trinajstić information content (AvgIpc) is 2.29. The van der Waals surface area contributed by atoms with Gasteiger partial charge in [0, 0.05) is 6.61 Å². The number of alkyl halides is 1. The van der Waals surface area contributed by atoms with Crippen molar-refractivity contribution in [1.82, 2.24) is 0 Å². The van der Waals surface area contributed by atoms with E-state index in [1.807, 2.05) is 0 Å². The Kier molecular flexibility index (Phi) is 1.93. The molecule has 2 atom stereocenters. The van der Waals surface area contributed by atoms with E-state index in [4.69, 9.17) is 4.74 Å². The largest absolute Gasteiger partial charge is 0.377 e. The molecule has 0 unspecified atom stereocenters. The number of hydrogen-bond acceptors (Lipinski definition) is 1. The van der Waals surface area contributed by atoms with Crippen molar-refractivity contribution < 1.29 is 4.74 Å². The van der Waals surface area contributed by atoms with E-state index < -0.39 is 0 Å². The number of halogens is 1. The van der Waals surface area contributed by atoms with Gasteiger partial charge in [-0.2, -0.15) is 0 Å². The fourth-order valence-corrected chi connectivity index (χ4v) is 3.15. The Morgan fingerprint density at radius 1 is 1.30 bits per heavy atom. The molecule has 2 aliphatic rings. The van der Waals surface area contributed by atoms with E-state index in [1.165, 1.54) is 32.1 Å². The van der Waals surface area contributed by atoms with Crippen LogP contribution in [0.4, 0.5) is 0 Å². The third kappa shape index (κ3) is 1.09. The van der Waals surface area contributed by atoms with Crippen LogP contribution in [0.1, 0.15) is 32.1 Å². The zero-order valence-electron chi connectivity index (χ0n) is 6.11. The standard InChI is InChI=1S/C8H13IO/c9-8-4-2-1-3-7(8)10-6-5-8/h7H,1-6H2/t7-,8-/m1/s1. The topological polar surface area (TPSA) is 9.23 Å². The van der Waals surface area contributed by atoms with E-state index in [9.17, 15) is 0 Å². The number of ether oxygens (including phenoxy) is 1. The fourth-order valence-electron chi connectivity index (χ4n) is 2.06. The van der Waals surface area contributed by atoms with Crippen molar-refractivity contribution in [3.05, 3.63) is 0 Å². The highest BCUT2D eigenvalue weighted by molar-refractivity contribution is 14.1.